The molecule has 2 aromatic heterocycles. The maximum atomic E-state index is 5.43. The largest absolute Gasteiger partial charge is 0.419 e. The van der Waals surface area contributed by atoms with Crippen molar-refractivity contribution >= 4 is 11.0 Å². The smallest absolute Gasteiger partial charge is 0.250 e. The maximum Gasteiger partial charge on any atom is 0.250 e. The Hall–Kier alpha value is -2.34. The van der Waals surface area contributed by atoms with E-state index in [1.807, 2.05) is 18.2 Å². The van der Waals surface area contributed by atoms with Gasteiger partial charge in [0.1, 0.15) is 5.52 Å². The van der Waals surface area contributed by atoms with Crippen molar-refractivity contribution in [3.05, 3.63) is 36.5 Å². The van der Waals surface area contributed by atoms with Gasteiger partial charge in [-0.2, -0.15) is 0 Å². The molecule has 0 atom stereocenters. The molecule has 0 aliphatic heterocycles. The van der Waals surface area contributed by atoms with Gasteiger partial charge in [-0.25, -0.2) is 0 Å². The van der Waals surface area contributed by atoms with Gasteiger partial charge in [-0.05, 0) is 12.1 Å². The van der Waals surface area contributed by atoms with Gasteiger partial charge >= 0.3 is 0 Å². The molecule has 0 radical (unpaired) electrons. The molecule has 3 rings (SSSR count). The molecule has 17 heavy (non-hydrogen) atoms. The Morgan fingerprint density at radius 1 is 1.12 bits per heavy atom. The first kappa shape index (κ1) is 9.86. The Morgan fingerprint density at radius 3 is 2.82 bits per heavy atom. The third-order valence-corrected chi connectivity index (χ3v) is 2.37. The molecule has 6 heteroatoms. The van der Waals surface area contributed by atoms with E-state index in [4.69, 9.17) is 10.2 Å². The van der Waals surface area contributed by atoms with Gasteiger partial charge in [0.25, 0.3) is 0 Å². The monoisotopic (exact) mass is 227 g/mol. The Labute approximate surface area is 96.5 Å². The first-order valence-corrected chi connectivity index (χ1v) is 5.11. The quantitative estimate of drug-likeness (QED) is 0.705. The molecule has 0 aliphatic carbocycles. The first-order chi connectivity index (χ1) is 8.38. The van der Waals surface area contributed by atoms with Crippen LogP contribution < -0.4 is 5.73 Å². The molecular weight excluding hydrogens is 218 g/mol. The van der Waals surface area contributed by atoms with Gasteiger partial charge in [0.2, 0.25) is 11.8 Å². The highest BCUT2D eigenvalue weighted by Gasteiger charge is 2.11. The zero-order chi connectivity index (χ0) is 11.7. The second-order valence-corrected chi connectivity index (χ2v) is 3.43. The van der Waals surface area contributed by atoms with Crippen molar-refractivity contribution in [3.63, 3.8) is 0 Å². The highest BCUT2D eigenvalue weighted by molar-refractivity contribution is 5.88. The number of para-hydroxylation sites is 1. The predicted octanol–water partition coefficient (Wildman–Crippen LogP) is 1.14. The highest BCUT2D eigenvalue weighted by Crippen LogP contribution is 2.24. The number of hydrogen-bond donors (Lipinski definition) is 1. The minimum Gasteiger partial charge on any atom is -0.419 e. The number of benzene rings is 1. The molecule has 1 aromatic carbocycles. The second-order valence-electron chi connectivity index (χ2n) is 3.43. The van der Waals surface area contributed by atoms with Crippen molar-refractivity contribution in [1.82, 2.24) is 20.2 Å². The average Bonchev–Trinajstić information content (AvgIpc) is 2.87. The average molecular weight is 227 g/mol. The molecule has 0 spiro atoms. The normalized spacial score (nSPS) is 10.9. The summed E-state index contributed by atoms with van der Waals surface area (Å²) in [5.74, 6) is 0.817. The third-order valence-electron chi connectivity index (χ3n) is 2.37. The highest BCUT2D eigenvalue weighted by atomic mass is 16.4. The number of aromatic nitrogens is 4. The predicted molar refractivity (Wildman–Crippen MR) is 60.7 cm³/mol. The van der Waals surface area contributed by atoms with Gasteiger partial charge < -0.3 is 10.2 Å². The Morgan fingerprint density at radius 2 is 2.00 bits per heavy atom. The summed E-state index contributed by atoms with van der Waals surface area (Å²) in [6, 6.07) is 5.62. The number of rotatable bonds is 2. The maximum absolute atomic E-state index is 5.43. The minimum atomic E-state index is 0.226. The molecule has 0 unspecified atom stereocenters. The number of nitrogens with two attached hydrogens (primary N) is 1. The fraction of sp³-hybridized carbons (Fsp3) is 0.0909. The van der Waals surface area contributed by atoms with Crippen molar-refractivity contribution in [2.45, 2.75) is 6.54 Å². The van der Waals surface area contributed by atoms with Crippen LogP contribution in [0.5, 0.6) is 0 Å². The van der Waals surface area contributed by atoms with Gasteiger partial charge in [-0.15, -0.1) is 10.2 Å². The lowest BCUT2D eigenvalue weighted by molar-refractivity contribution is 0.509. The molecule has 3 aromatic rings. The fourth-order valence-electron chi connectivity index (χ4n) is 1.61. The molecule has 0 amide bonds. The van der Waals surface area contributed by atoms with Gasteiger partial charge in [-0.3, -0.25) is 9.97 Å². The van der Waals surface area contributed by atoms with Crippen LogP contribution in [0.25, 0.3) is 22.5 Å². The minimum absolute atomic E-state index is 0.226. The molecule has 0 saturated carbocycles. The van der Waals surface area contributed by atoms with Gasteiger partial charge in [0.15, 0.2) is 0 Å². The van der Waals surface area contributed by atoms with Gasteiger partial charge in [-0.1, -0.05) is 6.07 Å². The molecule has 84 valence electrons. The van der Waals surface area contributed by atoms with Crippen LogP contribution in [-0.2, 0) is 6.54 Å². The summed E-state index contributed by atoms with van der Waals surface area (Å²) < 4.78 is 5.41. The fourth-order valence-corrected chi connectivity index (χ4v) is 1.61. The summed E-state index contributed by atoms with van der Waals surface area (Å²) in [4.78, 5) is 8.49. The molecule has 0 aliphatic rings. The SMILES string of the molecule is NCc1nnc(-c2cccc3nccnc23)o1. The number of nitrogens with zero attached hydrogens (tertiary/aromatic N) is 4. The Bertz CT molecular complexity index is 658. The second kappa shape index (κ2) is 3.91. The summed E-state index contributed by atoms with van der Waals surface area (Å²) in [6.45, 7) is 0.226. The lowest BCUT2D eigenvalue weighted by Gasteiger charge is -1.99. The van der Waals surface area contributed by atoms with E-state index in [-0.39, 0.29) is 6.54 Å². The summed E-state index contributed by atoms with van der Waals surface area (Å²) in [6.07, 6.45) is 3.28. The van der Waals surface area contributed by atoms with Crippen LogP contribution in [0.15, 0.2) is 35.0 Å². The molecule has 0 bridgehead atoms. The van der Waals surface area contributed by atoms with Crippen LogP contribution in [-0.4, -0.2) is 20.2 Å². The summed E-state index contributed by atoms with van der Waals surface area (Å²) in [7, 11) is 0. The van der Waals surface area contributed by atoms with Crippen LogP contribution in [0.4, 0.5) is 0 Å². The van der Waals surface area contributed by atoms with Crippen LogP contribution in [0.3, 0.4) is 0 Å². The first-order valence-electron chi connectivity index (χ1n) is 5.11. The standard InChI is InChI=1S/C11H9N5O/c12-6-9-15-16-11(17-9)7-2-1-3-8-10(7)14-5-4-13-8/h1-5H,6,12H2. The molecule has 0 fully saturated rings. The van der Waals surface area contributed by atoms with Crippen LogP contribution in [0.1, 0.15) is 5.89 Å². The number of fused-ring (bicyclic) bond motifs is 1. The lowest BCUT2D eigenvalue weighted by Crippen LogP contribution is -1.95. The van der Waals surface area contributed by atoms with E-state index in [9.17, 15) is 0 Å². The summed E-state index contributed by atoms with van der Waals surface area (Å²) >= 11 is 0. The Kier molecular flexibility index (Phi) is 2.27. The van der Waals surface area contributed by atoms with Crippen molar-refractivity contribution in [2.24, 2.45) is 5.73 Å². The molecule has 0 saturated heterocycles. The molecule has 2 N–H and O–H groups in total. The van der Waals surface area contributed by atoms with Gasteiger partial charge in [0.05, 0.1) is 17.6 Å². The van der Waals surface area contributed by atoms with E-state index in [0.29, 0.717) is 11.8 Å². The van der Waals surface area contributed by atoms with Crippen LogP contribution in [0, 0.1) is 0 Å². The molecule has 2 heterocycles. The summed E-state index contributed by atoms with van der Waals surface area (Å²) in [5, 5.41) is 7.77. The van der Waals surface area contributed by atoms with Gasteiger partial charge in [0, 0.05) is 12.4 Å². The zero-order valence-corrected chi connectivity index (χ0v) is 8.87. The lowest BCUT2D eigenvalue weighted by atomic mass is 10.2. The van der Waals surface area contributed by atoms with E-state index < -0.39 is 0 Å². The van der Waals surface area contributed by atoms with E-state index in [1.165, 1.54) is 0 Å². The third kappa shape index (κ3) is 1.64. The number of hydrogen-bond acceptors (Lipinski definition) is 6. The Balaban J connectivity index is 2.23. The van der Waals surface area contributed by atoms with Crippen molar-refractivity contribution in [1.29, 1.82) is 0 Å². The van der Waals surface area contributed by atoms with Crippen LogP contribution >= 0.6 is 0 Å². The van der Waals surface area contributed by atoms with E-state index in [2.05, 4.69) is 20.2 Å². The van der Waals surface area contributed by atoms with Crippen LogP contribution in [0.2, 0.25) is 0 Å². The zero-order valence-electron chi connectivity index (χ0n) is 8.87. The van der Waals surface area contributed by atoms with E-state index >= 15 is 0 Å². The van der Waals surface area contributed by atoms with Crippen molar-refractivity contribution in [2.75, 3.05) is 0 Å². The summed E-state index contributed by atoms with van der Waals surface area (Å²) in [5.41, 5.74) is 7.72. The van der Waals surface area contributed by atoms with E-state index in [1.54, 1.807) is 12.4 Å². The van der Waals surface area contributed by atoms with E-state index in [0.717, 1.165) is 16.6 Å². The van der Waals surface area contributed by atoms with Crippen molar-refractivity contribution < 1.29 is 4.42 Å². The molecular formula is C11H9N5O. The topological polar surface area (TPSA) is 90.7 Å². The van der Waals surface area contributed by atoms with Crippen molar-refractivity contribution in [3.8, 4) is 11.5 Å². The molecule has 6 nitrogen and oxygen atoms in total.